The molecular formula is C9H14O2. The number of hydrogen-bond donors (Lipinski definition) is 0. The van der Waals surface area contributed by atoms with Crippen LogP contribution >= 0.6 is 0 Å². The molecule has 1 aliphatic rings. The van der Waals surface area contributed by atoms with Gasteiger partial charge in [0.1, 0.15) is 0 Å². The number of ether oxygens (including phenoxy) is 2. The lowest BCUT2D eigenvalue weighted by molar-refractivity contribution is -0.0380. The molecule has 0 spiro atoms. The van der Waals surface area contributed by atoms with Crippen molar-refractivity contribution in [1.82, 2.24) is 0 Å². The molecule has 0 aromatic rings. The Kier molecular flexibility index (Phi) is 3.94. The first-order valence-electron chi connectivity index (χ1n) is 3.94. The monoisotopic (exact) mass is 154 g/mol. The first-order chi connectivity index (χ1) is 5.43. The van der Waals surface area contributed by atoms with E-state index in [1.54, 1.807) is 0 Å². The molecule has 0 bridgehead atoms. The highest BCUT2D eigenvalue weighted by Gasteiger charge is 2.12. The predicted molar refractivity (Wildman–Crippen MR) is 44.3 cm³/mol. The lowest BCUT2D eigenvalue weighted by atomic mass is 10.3. The summed E-state index contributed by atoms with van der Waals surface area (Å²) < 4.78 is 10.5. The van der Waals surface area contributed by atoms with Crippen LogP contribution in [0.15, 0.2) is 24.3 Å². The summed E-state index contributed by atoms with van der Waals surface area (Å²) in [6.45, 7) is 3.47. The van der Waals surface area contributed by atoms with Gasteiger partial charge in [0.2, 0.25) is 0 Å². The lowest BCUT2D eigenvalue weighted by Crippen LogP contribution is -2.04. The van der Waals surface area contributed by atoms with E-state index in [0.717, 1.165) is 19.6 Å². The second-order valence-corrected chi connectivity index (χ2v) is 2.36. The maximum atomic E-state index is 5.24. The Bertz CT molecular complexity index is 144. The van der Waals surface area contributed by atoms with Crippen LogP contribution in [-0.4, -0.2) is 19.5 Å². The molecule has 2 nitrogen and oxygen atoms in total. The first-order valence-corrected chi connectivity index (χ1v) is 3.94. The van der Waals surface area contributed by atoms with Crippen LogP contribution < -0.4 is 0 Å². The van der Waals surface area contributed by atoms with E-state index in [2.05, 4.69) is 6.08 Å². The normalized spacial score (nSPS) is 20.8. The van der Waals surface area contributed by atoms with Crippen LogP contribution in [-0.2, 0) is 9.47 Å². The Morgan fingerprint density at radius 2 is 2.00 bits per heavy atom. The van der Waals surface area contributed by atoms with Crippen molar-refractivity contribution < 1.29 is 9.47 Å². The maximum absolute atomic E-state index is 5.24. The van der Waals surface area contributed by atoms with Crippen LogP contribution in [0.25, 0.3) is 0 Å². The van der Waals surface area contributed by atoms with Gasteiger partial charge in [0.15, 0.2) is 6.29 Å². The fourth-order valence-electron chi connectivity index (χ4n) is 0.923. The van der Waals surface area contributed by atoms with Gasteiger partial charge in [0.05, 0.1) is 13.2 Å². The van der Waals surface area contributed by atoms with Gasteiger partial charge in [-0.2, -0.15) is 0 Å². The molecule has 2 heteroatoms. The highest BCUT2D eigenvalue weighted by molar-refractivity contribution is 5.01. The van der Waals surface area contributed by atoms with Crippen LogP contribution in [0, 0.1) is 0 Å². The summed E-state index contributed by atoms with van der Waals surface area (Å²) in [5.74, 6) is 0. The number of rotatable bonds is 3. The third kappa shape index (κ3) is 3.35. The molecule has 62 valence electrons. The van der Waals surface area contributed by atoms with E-state index in [1.165, 1.54) is 0 Å². The summed E-state index contributed by atoms with van der Waals surface area (Å²) in [6.07, 6.45) is 8.89. The molecule has 0 N–H and O–H groups in total. The summed E-state index contributed by atoms with van der Waals surface area (Å²) in [5.41, 5.74) is 0. The topological polar surface area (TPSA) is 18.5 Å². The smallest absolute Gasteiger partial charge is 0.161 e. The molecule has 0 saturated carbocycles. The standard InChI is InChI=1S/C9H14O2/c1-2-3-4-5-6-9-10-7-8-11-9/h2-5,9H,6-8H2,1H3/b3-2+,5-4+. The molecule has 0 aliphatic carbocycles. The van der Waals surface area contributed by atoms with Crippen molar-refractivity contribution in [2.24, 2.45) is 0 Å². The van der Waals surface area contributed by atoms with Crippen molar-refractivity contribution in [3.63, 3.8) is 0 Å². The Hall–Kier alpha value is -0.600. The summed E-state index contributed by atoms with van der Waals surface area (Å²) in [4.78, 5) is 0. The Balaban J connectivity index is 2.10. The highest BCUT2D eigenvalue weighted by atomic mass is 16.7. The molecule has 11 heavy (non-hydrogen) atoms. The first kappa shape index (κ1) is 8.50. The van der Waals surface area contributed by atoms with Gasteiger partial charge in [-0.1, -0.05) is 24.3 Å². The van der Waals surface area contributed by atoms with E-state index in [-0.39, 0.29) is 6.29 Å². The number of allylic oxidation sites excluding steroid dienone is 3. The van der Waals surface area contributed by atoms with Gasteiger partial charge in [0.25, 0.3) is 0 Å². The zero-order valence-electron chi connectivity index (χ0n) is 6.82. The minimum Gasteiger partial charge on any atom is -0.350 e. The molecule has 1 aliphatic heterocycles. The maximum Gasteiger partial charge on any atom is 0.161 e. The van der Waals surface area contributed by atoms with Gasteiger partial charge in [-0.05, 0) is 6.92 Å². The average molecular weight is 154 g/mol. The third-order valence-electron chi connectivity index (χ3n) is 1.46. The molecule has 0 aromatic carbocycles. The molecule has 1 fully saturated rings. The van der Waals surface area contributed by atoms with Gasteiger partial charge in [-0.3, -0.25) is 0 Å². The lowest BCUT2D eigenvalue weighted by Gasteiger charge is -2.03. The van der Waals surface area contributed by atoms with Gasteiger partial charge >= 0.3 is 0 Å². The van der Waals surface area contributed by atoms with E-state index >= 15 is 0 Å². The molecule has 1 heterocycles. The van der Waals surface area contributed by atoms with Gasteiger partial charge in [-0.25, -0.2) is 0 Å². The largest absolute Gasteiger partial charge is 0.350 e. The molecule has 0 radical (unpaired) electrons. The fraction of sp³-hybridized carbons (Fsp3) is 0.556. The molecule has 0 atom stereocenters. The van der Waals surface area contributed by atoms with Crippen molar-refractivity contribution in [1.29, 1.82) is 0 Å². The van der Waals surface area contributed by atoms with E-state index in [1.807, 2.05) is 25.2 Å². The summed E-state index contributed by atoms with van der Waals surface area (Å²) in [6, 6.07) is 0. The Morgan fingerprint density at radius 1 is 1.27 bits per heavy atom. The second-order valence-electron chi connectivity index (χ2n) is 2.36. The molecule has 0 aromatic heterocycles. The quantitative estimate of drug-likeness (QED) is 0.578. The molecule has 0 amide bonds. The zero-order chi connectivity index (χ0) is 7.94. The van der Waals surface area contributed by atoms with Crippen LogP contribution in [0.3, 0.4) is 0 Å². The summed E-state index contributed by atoms with van der Waals surface area (Å²) >= 11 is 0. The minimum atomic E-state index is -0.00324. The predicted octanol–water partition coefficient (Wildman–Crippen LogP) is 1.88. The van der Waals surface area contributed by atoms with E-state index in [4.69, 9.17) is 9.47 Å². The minimum absolute atomic E-state index is 0.00324. The highest BCUT2D eigenvalue weighted by Crippen LogP contribution is 2.07. The summed E-state index contributed by atoms with van der Waals surface area (Å²) in [5, 5.41) is 0. The van der Waals surface area contributed by atoms with E-state index in [0.29, 0.717) is 0 Å². The average Bonchev–Trinajstić information content (AvgIpc) is 2.50. The Morgan fingerprint density at radius 3 is 2.64 bits per heavy atom. The van der Waals surface area contributed by atoms with Crippen molar-refractivity contribution in [3.8, 4) is 0 Å². The van der Waals surface area contributed by atoms with Crippen molar-refractivity contribution in [3.05, 3.63) is 24.3 Å². The van der Waals surface area contributed by atoms with Gasteiger partial charge in [-0.15, -0.1) is 0 Å². The molecule has 1 rings (SSSR count). The van der Waals surface area contributed by atoms with E-state index < -0.39 is 0 Å². The van der Waals surface area contributed by atoms with Crippen LogP contribution in [0.1, 0.15) is 13.3 Å². The summed E-state index contributed by atoms with van der Waals surface area (Å²) in [7, 11) is 0. The third-order valence-corrected chi connectivity index (χ3v) is 1.46. The molecule has 0 unspecified atom stereocenters. The van der Waals surface area contributed by atoms with Crippen LogP contribution in [0.5, 0.6) is 0 Å². The fourth-order valence-corrected chi connectivity index (χ4v) is 0.923. The number of hydrogen-bond acceptors (Lipinski definition) is 2. The Labute approximate surface area is 67.5 Å². The van der Waals surface area contributed by atoms with Crippen LogP contribution in [0.4, 0.5) is 0 Å². The van der Waals surface area contributed by atoms with E-state index in [9.17, 15) is 0 Å². The van der Waals surface area contributed by atoms with Crippen LogP contribution in [0.2, 0.25) is 0 Å². The molecular weight excluding hydrogens is 140 g/mol. The second kappa shape index (κ2) is 5.10. The van der Waals surface area contributed by atoms with Gasteiger partial charge < -0.3 is 9.47 Å². The van der Waals surface area contributed by atoms with Crippen molar-refractivity contribution in [2.75, 3.05) is 13.2 Å². The SMILES string of the molecule is C/C=C/C=C/CC1OCCO1. The van der Waals surface area contributed by atoms with Gasteiger partial charge in [0, 0.05) is 6.42 Å². The van der Waals surface area contributed by atoms with Crippen molar-refractivity contribution in [2.45, 2.75) is 19.6 Å². The molecule has 1 saturated heterocycles. The van der Waals surface area contributed by atoms with Crippen molar-refractivity contribution >= 4 is 0 Å². The zero-order valence-corrected chi connectivity index (χ0v) is 6.82.